The van der Waals surface area contributed by atoms with Crippen molar-refractivity contribution in [3.8, 4) is 11.5 Å². The van der Waals surface area contributed by atoms with E-state index >= 15 is 0 Å². The molecular formula is C25H18FNO4. The fourth-order valence-electron chi connectivity index (χ4n) is 3.55. The molecule has 0 unspecified atom stereocenters. The summed E-state index contributed by atoms with van der Waals surface area (Å²) in [4.78, 5) is 16.7. The Morgan fingerprint density at radius 2 is 1.81 bits per heavy atom. The molecule has 0 aliphatic carbocycles. The van der Waals surface area contributed by atoms with Gasteiger partial charge in [-0.1, -0.05) is 30.3 Å². The normalized spacial score (nSPS) is 11.3. The topological polar surface area (TPSA) is 65.5 Å². The maximum atomic E-state index is 13.1. The number of hydrogen-bond donors (Lipinski definition) is 0. The summed E-state index contributed by atoms with van der Waals surface area (Å²) in [7, 11) is 0. The lowest BCUT2D eigenvalue weighted by Gasteiger charge is -2.01. The van der Waals surface area contributed by atoms with Crippen molar-refractivity contribution in [1.29, 1.82) is 0 Å². The van der Waals surface area contributed by atoms with E-state index in [1.165, 1.54) is 12.1 Å². The molecule has 5 aromatic rings. The van der Waals surface area contributed by atoms with E-state index in [1.807, 2.05) is 42.5 Å². The highest BCUT2D eigenvalue weighted by Gasteiger charge is 2.16. The van der Waals surface area contributed by atoms with E-state index in [2.05, 4.69) is 4.98 Å². The van der Waals surface area contributed by atoms with Gasteiger partial charge in [-0.3, -0.25) is 4.79 Å². The Morgan fingerprint density at radius 1 is 1.00 bits per heavy atom. The number of carbonyl (C=O) groups is 1. The van der Waals surface area contributed by atoms with E-state index in [-0.39, 0.29) is 18.8 Å². The Balaban J connectivity index is 1.28. The van der Waals surface area contributed by atoms with Gasteiger partial charge in [-0.05, 0) is 54.1 Å². The van der Waals surface area contributed by atoms with Crippen molar-refractivity contribution in [2.75, 3.05) is 0 Å². The minimum absolute atomic E-state index is 0.0154. The Kier molecular flexibility index (Phi) is 4.75. The zero-order valence-corrected chi connectivity index (χ0v) is 16.7. The molecule has 154 valence electrons. The number of furan rings is 1. The molecule has 0 radical (unpaired) electrons. The first-order chi connectivity index (χ1) is 15.1. The lowest BCUT2D eigenvalue weighted by Crippen LogP contribution is -2.08. The van der Waals surface area contributed by atoms with Gasteiger partial charge in [-0.2, -0.15) is 0 Å². The number of carbonyl (C=O) groups excluding carboxylic acids is 1. The molecular weight excluding hydrogens is 397 g/mol. The number of aryl methyl sites for hydroxylation is 1. The number of fused-ring (bicyclic) bond motifs is 3. The molecule has 0 bridgehead atoms. The van der Waals surface area contributed by atoms with Crippen LogP contribution in [0.4, 0.5) is 4.39 Å². The number of esters is 1. The Bertz CT molecular complexity index is 1400. The van der Waals surface area contributed by atoms with Crippen molar-refractivity contribution in [2.24, 2.45) is 0 Å². The molecule has 5 rings (SSSR count). The smallest absolute Gasteiger partial charge is 0.313 e. The fourth-order valence-corrected chi connectivity index (χ4v) is 3.55. The lowest BCUT2D eigenvalue weighted by molar-refractivity contribution is -0.144. The predicted molar refractivity (Wildman–Crippen MR) is 114 cm³/mol. The first kappa shape index (κ1) is 19.1. The van der Waals surface area contributed by atoms with Gasteiger partial charge in [0.25, 0.3) is 0 Å². The van der Waals surface area contributed by atoms with Crippen molar-refractivity contribution in [3.05, 3.63) is 89.8 Å². The molecule has 0 fully saturated rings. The van der Waals surface area contributed by atoms with Crippen LogP contribution in [0.3, 0.4) is 0 Å². The van der Waals surface area contributed by atoms with E-state index in [1.54, 1.807) is 19.1 Å². The third-order valence-electron chi connectivity index (χ3n) is 5.15. The highest BCUT2D eigenvalue weighted by molar-refractivity contribution is 6.06. The van der Waals surface area contributed by atoms with Crippen LogP contribution in [0, 0.1) is 12.7 Å². The number of aromatic nitrogens is 1. The molecule has 0 aliphatic heterocycles. The second kappa shape index (κ2) is 7.72. The van der Waals surface area contributed by atoms with Crippen LogP contribution in [0.15, 0.2) is 75.6 Å². The number of halogens is 1. The summed E-state index contributed by atoms with van der Waals surface area (Å²) in [6.45, 7) is 1.73. The average Bonchev–Trinajstić information content (AvgIpc) is 3.35. The van der Waals surface area contributed by atoms with Gasteiger partial charge in [0.05, 0.1) is 0 Å². The van der Waals surface area contributed by atoms with E-state index in [4.69, 9.17) is 13.6 Å². The summed E-state index contributed by atoms with van der Waals surface area (Å²) in [6, 6.07) is 19.7. The Labute approximate surface area is 177 Å². The molecule has 31 heavy (non-hydrogen) atoms. The van der Waals surface area contributed by atoms with Crippen LogP contribution >= 0.6 is 0 Å². The molecule has 0 aliphatic rings. The second-order valence-electron chi connectivity index (χ2n) is 7.28. The third kappa shape index (κ3) is 3.80. The van der Waals surface area contributed by atoms with Crippen molar-refractivity contribution < 1.29 is 22.8 Å². The molecule has 0 N–H and O–H groups in total. The highest BCUT2D eigenvalue weighted by atomic mass is 19.1. The molecule has 0 atom stereocenters. The molecule has 3 aromatic carbocycles. The summed E-state index contributed by atoms with van der Waals surface area (Å²) in [5.74, 6) is 0.684. The summed E-state index contributed by atoms with van der Waals surface area (Å²) in [6.07, 6.45) is 0.0186. The van der Waals surface area contributed by atoms with Gasteiger partial charge in [0.1, 0.15) is 41.6 Å². The first-order valence-corrected chi connectivity index (χ1v) is 9.85. The number of hydrogen-bond acceptors (Lipinski definition) is 5. The van der Waals surface area contributed by atoms with E-state index in [0.29, 0.717) is 28.7 Å². The lowest BCUT2D eigenvalue weighted by atomic mass is 10.1. The van der Waals surface area contributed by atoms with Crippen LogP contribution in [0.5, 0.6) is 0 Å². The van der Waals surface area contributed by atoms with E-state index < -0.39 is 5.97 Å². The van der Waals surface area contributed by atoms with Crippen LogP contribution in [0.25, 0.3) is 33.2 Å². The average molecular weight is 415 g/mol. The third-order valence-corrected chi connectivity index (χ3v) is 5.15. The standard InChI is InChI=1S/C25H18FNO4/c1-15-22(27-25(30-15)17-6-9-18(26)10-7-17)14-29-24(28)13-19-12-21-20-5-3-2-4-16(20)8-11-23(21)31-19/h2-12H,13-14H2,1H3. The van der Waals surface area contributed by atoms with Crippen LogP contribution in [0.2, 0.25) is 0 Å². The molecule has 2 aromatic heterocycles. The largest absolute Gasteiger partial charge is 0.460 e. The summed E-state index contributed by atoms with van der Waals surface area (Å²) >= 11 is 0. The van der Waals surface area contributed by atoms with E-state index in [9.17, 15) is 9.18 Å². The van der Waals surface area contributed by atoms with Gasteiger partial charge >= 0.3 is 5.97 Å². The van der Waals surface area contributed by atoms with Crippen molar-refractivity contribution >= 4 is 27.7 Å². The maximum absolute atomic E-state index is 13.1. The molecule has 0 amide bonds. The predicted octanol–water partition coefficient (Wildman–Crippen LogP) is 5.97. The zero-order chi connectivity index (χ0) is 21.4. The highest BCUT2D eigenvalue weighted by Crippen LogP contribution is 2.28. The second-order valence-corrected chi connectivity index (χ2v) is 7.28. The van der Waals surface area contributed by atoms with Crippen LogP contribution in [-0.2, 0) is 22.6 Å². The zero-order valence-electron chi connectivity index (χ0n) is 16.7. The van der Waals surface area contributed by atoms with Gasteiger partial charge in [0.2, 0.25) is 5.89 Å². The van der Waals surface area contributed by atoms with E-state index in [0.717, 1.165) is 21.7 Å². The molecule has 2 heterocycles. The number of benzene rings is 3. The summed E-state index contributed by atoms with van der Waals surface area (Å²) < 4.78 is 29.9. The summed E-state index contributed by atoms with van der Waals surface area (Å²) in [5.41, 5.74) is 1.90. The van der Waals surface area contributed by atoms with Crippen LogP contribution in [-0.4, -0.2) is 11.0 Å². The minimum Gasteiger partial charge on any atom is -0.460 e. The molecule has 0 spiro atoms. The van der Waals surface area contributed by atoms with Gasteiger partial charge < -0.3 is 13.6 Å². The van der Waals surface area contributed by atoms with Gasteiger partial charge in [0, 0.05) is 10.9 Å². The van der Waals surface area contributed by atoms with Crippen molar-refractivity contribution in [1.82, 2.24) is 4.98 Å². The quantitative estimate of drug-likeness (QED) is 0.331. The van der Waals surface area contributed by atoms with Gasteiger partial charge in [-0.15, -0.1) is 0 Å². The fraction of sp³-hybridized carbons (Fsp3) is 0.120. The SMILES string of the molecule is Cc1oc(-c2ccc(F)cc2)nc1COC(=O)Cc1cc2c(ccc3ccccc32)o1. The summed E-state index contributed by atoms with van der Waals surface area (Å²) in [5, 5.41) is 3.16. The van der Waals surface area contributed by atoms with Crippen LogP contribution < -0.4 is 0 Å². The van der Waals surface area contributed by atoms with Crippen molar-refractivity contribution in [2.45, 2.75) is 20.0 Å². The minimum atomic E-state index is -0.422. The Hall–Kier alpha value is -3.93. The number of nitrogens with zero attached hydrogens (tertiary/aromatic N) is 1. The molecule has 5 nitrogen and oxygen atoms in total. The van der Waals surface area contributed by atoms with Gasteiger partial charge in [-0.25, -0.2) is 9.37 Å². The molecule has 6 heteroatoms. The maximum Gasteiger partial charge on any atom is 0.313 e. The van der Waals surface area contributed by atoms with Crippen molar-refractivity contribution in [3.63, 3.8) is 0 Å². The molecule has 0 saturated heterocycles. The number of oxazole rings is 1. The van der Waals surface area contributed by atoms with Gasteiger partial charge in [0.15, 0.2) is 0 Å². The Morgan fingerprint density at radius 3 is 2.65 bits per heavy atom. The monoisotopic (exact) mass is 415 g/mol. The number of ether oxygens (including phenoxy) is 1. The number of rotatable bonds is 5. The first-order valence-electron chi connectivity index (χ1n) is 9.85. The molecule has 0 saturated carbocycles. The van der Waals surface area contributed by atoms with Crippen LogP contribution in [0.1, 0.15) is 17.2 Å².